The fraction of sp³-hybridized carbons (Fsp3) is 1.00. The zero-order valence-corrected chi connectivity index (χ0v) is 14.4. The van der Waals surface area contributed by atoms with Gasteiger partial charge in [-0.1, -0.05) is 27.7 Å². The van der Waals surface area contributed by atoms with Crippen molar-refractivity contribution in [1.82, 2.24) is 4.90 Å². The quantitative estimate of drug-likeness (QED) is 0.827. The van der Waals surface area contributed by atoms with Crippen molar-refractivity contribution in [3.05, 3.63) is 0 Å². The van der Waals surface area contributed by atoms with Crippen LogP contribution in [-0.2, 0) is 0 Å². The summed E-state index contributed by atoms with van der Waals surface area (Å²) in [6.07, 6.45) is 8.05. The predicted octanol–water partition coefficient (Wildman–Crippen LogP) is 4.04. The molecule has 0 bridgehead atoms. The number of hydrogen-bond acceptors (Lipinski definition) is 2. The molecule has 1 aliphatic carbocycles. The van der Waals surface area contributed by atoms with Crippen LogP contribution in [0.15, 0.2) is 0 Å². The summed E-state index contributed by atoms with van der Waals surface area (Å²) in [4.78, 5) is 2.78. The molecule has 1 heterocycles. The highest BCUT2D eigenvalue weighted by atomic mass is 15.2. The second kappa shape index (κ2) is 5.96. The summed E-state index contributed by atoms with van der Waals surface area (Å²) in [5.74, 6) is 1.77. The van der Waals surface area contributed by atoms with Crippen LogP contribution in [0.4, 0.5) is 0 Å². The number of nitrogens with zero attached hydrogens (tertiary/aromatic N) is 1. The summed E-state index contributed by atoms with van der Waals surface area (Å²) in [6.45, 7) is 14.1. The van der Waals surface area contributed by atoms with Gasteiger partial charge in [0, 0.05) is 18.1 Å². The van der Waals surface area contributed by atoms with Crippen LogP contribution in [0.3, 0.4) is 0 Å². The highest BCUT2D eigenvalue weighted by molar-refractivity contribution is 5.00. The molecule has 1 saturated carbocycles. The van der Waals surface area contributed by atoms with Crippen molar-refractivity contribution in [3.63, 3.8) is 0 Å². The van der Waals surface area contributed by atoms with E-state index in [2.05, 4.69) is 39.5 Å². The van der Waals surface area contributed by atoms with Gasteiger partial charge in [-0.15, -0.1) is 0 Å². The van der Waals surface area contributed by atoms with E-state index in [9.17, 15) is 0 Å². The lowest BCUT2D eigenvalue weighted by Gasteiger charge is -2.54. The Bertz CT molecular complexity index is 310. The number of likely N-dealkylation sites (tertiary alicyclic amines) is 1. The monoisotopic (exact) mass is 280 g/mol. The second-order valence-corrected chi connectivity index (χ2v) is 8.74. The molecule has 2 fully saturated rings. The van der Waals surface area contributed by atoms with Crippen molar-refractivity contribution < 1.29 is 0 Å². The minimum absolute atomic E-state index is 0.307. The van der Waals surface area contributed by atoms with E-state index in [1.807, 2.05) is 0 Å². The van der Waals surface area contributed by atoms with Crippen molar-refractivity contribution in [2.75, 3.05) is 13.1 Å². The number of piperidine rings is 1. The number of rotatable bonds is 2. The maximum Gasteiger partial charge on any atom is 0.0334 e. The molecule has 2 unspecified atom stereocenters. The Balaban J connectivity index is 2.05. The molecule has 2 atom stereocenters. The third-order valence-electron chi connectivity index (χ3n) is 6.27. The van der Waals surface area contributed by atoms with E-state index in [-0.39, 0.29) is 0 Å². The molecular weight excluding hydrogens is 244 g/mol. The Labute approximate surface area is 126 Å². The summed E-state index contributed by atoms with van der Waals surface area (Å²) in [5.41, 5.74) is 7.05. The standard InChI is InChI=1S/C18H36N2/c1-14-8-11-20(15(2)12-14)18(13-19)9-6-16(7-10-18)17(3,4)5/h14-16H,6-13,19H2,1-5H3. The van der Waals surface area contributed by atoms with E-state index < -0.39 is 0 Å². The van der Waals surface area contributed by atoms with Gasteiger partial charge in [-0.05, 0) is 69.2 Å². The van der Waals surface area contributed by atoms with Crippen LogP contribution in [0.2, 0.25) is 0 Å². The molecular formula is C18H36N2. The van der Waals surface area contributed by atoms with Crippen molar-refractivity contribution in [2.45, 2.75) is 84.7 Å². The van der Waals surface area contributed by atoms with Crippen molar-refractivity contribution in [2.24, 2.45) is 23.0 Å². The topological polar surface area (TPSA) is 29.3 Å². The zero-order chi connectivity index (χ0) is 15.0. The van der Waals surface area contributed by atoms with Crippen LogP contribution in [0.5, 0.6) is 0 Å². The zero-order valence-electron chi connectivity index (χ0n) is 14.4. The average Bonchev–Trinajstić information content (AvgIpc) is 2.37. The Morgan fingerprint density at radius 3 is 2.15 bits per heavy atom. The van der Waals surface area contributed by atoms with Gasteiger partial charge in [0.05, 0.1) is 0 Å². The lowest BCUT2D eigenvalue weighted by Crippen LogP contribution is -2.61. The number of hydrogen-bond donors (Lipinski definition) is 1. The van der Waals surface area contributed by atoms with Gasteiger partial charge in [0.1, 0.15) is 0 Å². The lowest BCUT2D eigenvalue weighted by molar-refractivity contribution is -0.0276. The Kier molecular flexibility index (Phi) is 4.86. The highest BCUT2D eigenvalue weighted by Crippen LogP contribution is 2.45. The van der Waals surface area contributed by atoms with Crippen LogP contribution in [-0.4, -0.2) is 29.6 Å². The second-order valence-electron chi connectivity index (χ2n) is 8.74. The molecule has 0 amide bonds. The summed E-state index contributed by atoms with van der Waals surface area (Å²) in [6, 6.07) is 0.716. The maximum absolute atomic E-state index is 6.28. The lowest BCUT2D eigenvalue weighted by atomic mass is 9.66. The summed E-state index contributed by atoms with van der Waals surface area (Å²) in [5, 5.41) is 0. The van der Waals surface area contributed by atoms with Crippen molar-refractivity contribution in [1.29, 1.82) is 0 Å². The van der Waals surface area contributed by atoms with Crippen LogP contribution < -0.4 is 5.73 Å². The van der Waals surface area contributed by atoms with Crippen molar-refractivity contribution >= 4 is 0 Å². The summed E-state index contributed by atoms with van der Waals surface area (Å²) < 4.78 is 0. The average molecular weight is 280 g/mol. The van der Waals surface area contributed by atoms with E-state index >= 15 is 0 Å². The first-order valence-electron chi connectivity index (χ1n) is 8.75. The van der Waals surface area contributed by atoms with Gasteiger partial charge in [0.2, 0.25) is 0 Å². The largest absolute Gasteiger partial charge is 0.329 e. The minimum Gasteiger partial charge on any atom is -0.329 e. The fourth-order valence-electron chi connectivity index (χ4n) is 4.74. The molecule has 0 radical (unpaired) electrons. The molecule has 2 heteroatoms. The first-order valence-corrected chi connectivity index (χ1v) is 8.75. The van der Waals surface area contributed by atoms with E-state index in [0.29, 0.717) is 17.0 Å². The Hall–Kier alpha value is -0.0800. The smallest absolute Gasteiger partial charge is 0.0334 e. The third-order valence-corrected chi connectivity index (χ3v) is 6.27. The first kappa shape index (κ1) is 16.3. The highest BCUT2D eigenvalue weighted by Gasteiger charge is 2.44. The summed E-state index contributed by atoms with van der Waals surface area (Å²) in [7, 11) is 0. The van der Waals surface area contributed by atoms with Gasteiger partial charge < -0.3 is 5.73 Å². The molecule has 118 valence electrons. The molecule has 2 nitrogen and oxygen atoms in total. The van der Waals surface area contributed by atoms with Gasteiger partial charge in [-0.2, -0.15) is 0 Å². The molecule has 2 aliphatic rings. The molecule has 1 saturated heterocycles. The maximum atomic E-state index is 6.28. The molecule has 0 aromatic carbocycles. The van der Waals surface area contributed by atoms with Gasteiger partial charge in [-0.3, -0.25) is 4.90 Å². The molecule has 2 rings (SSSR count). The molecule has 0 spiro atoms. The Morgan fingerprint density at radius 2 is 1.70 bits per heavy atom. The molecule has 1 aliphatic heterocycles. The van der Waals surface area contributed by atoms with Gasteiger partial charge in [0.25, 0.3) is 0 Å². The van der Waals surface area contributed by atoms with Crippen LogP contribution in [0.25, 0.3) is 0 Å². The minimum atomic E-state index is 0.307. The fourth-order valence-corrected chi connectivity index (χ4v) is 4.74. The van der Waals surface area contributed by atoms with Crippen LogP contribution >= 0.6 is 0 Å². The van der Waals surface area contributed by atoms with E-state index in [0.717, 1.165) is 18.4 Å². The molecule has 0 aromatic rings. The normalized spacial score (nSPS) is 40.8. The van der Waals surface area contributed by atoms with E-state index in [4.69, 9.17) is 5.73 Å². The van der Waals surface area contributed by atoms with Crippen LogP contribution in [0.1, 0.15) is 73.1 Å². The number of nitrogens with two attached hydrogens (primary N) is 1. The molecule has 20 heavy (non-hydrogen) atoms. The third kappa shape index (κ3) is 3.22. The van der Waals surface area contributed by atoms with Crippen molar-refractivity contribution in [3.8, 4) is 0 Å². The SMILES string of the molecule is CC1CCN(C2(CN)CCC(C(C)(C)C)CC2)C(C)C1. The van der Waals surface area contributed by atoms with E-state index in [1.165, 1.54) is 45.1 Å². The van der Waals surface area contributed by atoms with Gasteiger partial charge in [-0.25, -0.2) is 0 Å². The van der Waals surface area contributed by atoms with Gasteiger partial charge in [0.15, 0.2) is 0 Å². The molecule has 0 aromatic heterocycles. The van der Waals surface area contributed by atoms with Crippen LogP contribution in [0, 0.1) is 17.3 Å². The van der Waals surface area contributed by atoms with Gasteiger partial charge >= 0.3 is 0 Å². The van der Waals surface area contributed by atoms with E-state index in [1.54, 1.807) is 0 Å². The predicted molar refractivity (Wildman–Crippen MR) is 87.8 cm³/mol. The first-order chi connectivity index (χ1) is 9.28. The molecule has 2 N–H and O–H groups in total. The Morgan fingerprint density at radius 1 is 1.10 bits per heavy atom. The summed E-state index contributed by atoms with van der Waals surface area (Å²) >= 11 is 0.